The molecule has 2 unspecified atom stereocenters. The largest absolute Gasteiger partial charge is 0.481 e. The van der Waals surface area contributed by atoms with Crippen molar-refractivity contribution in [1.82, 2.24) is 0 Å². The third-order valence-electron chi connectivity index (χ3n) is 2.96. The van der Waals surface area contributed by atoms with Gasteiger partial charge < -0.3 is 19.3 Å². The molecule has 18 heavy (non-hydrogen) atoms. The maximum atomic E-state index is 10.6. The average molecular weight is 252 g/mol. The highest BCUT2D eigenvalue weighted by atomic mass is 16.8. The third-order valence-corrected chi connectivity index (χ3v) is 2.96. The molecule has 0 aromatic heterocycles. The Balaban J connectivity index is 2.22. The quantitative estimate of drug-likeness (QED) is 0.868. The zero-order valence-electron chi connectivity index (χ0n) is 10.4. The normalized spacial score (nSPS) is 21.9. The van der Waals surface area contributed by atoms with Gasteiger partial charge >= 0.3 is 5.97 Å². The lowest BCUT2D eigenvalue weighted by atomic mass is 10.0. The summed E-state index contributed by atoms with van der Waals surface area (Å²) in [7, 11) is 3.14. The van der Waals surface area contributed by atoms with Gasteiger partial charge in [-0.15, -0.1) is 0 Å². The molecule has 1 aliphatic rings. The fourth-order valence-corrected chi connectivity index (χ4v) is 2.07. The smallest absolute Gasteiger partial charge is 0.303 e. The molecule has 0 amide bonds. The van der Waals surface area contributed by atoms with E-state index in [0.717, 1.165) is 16.7 Å². The van der Waals surface area contributed by atoms with Gasteiger partial charge in [0.25, 0.3) is 0 Å². The number of hydrogen-bond acceptors (Lipinski definition) is 4. The van der Waals surface area contributed by atoms with Crippen LogP contribution in [0.15, 0.2) is 18.2 Å². The molecule has 5 nitrogen and oxygen atoms in total. The molecule has 1 aromatic rings. The van der Waals surface area contributed by atoms with E-state index < -0.39 is 18.5 Å². The van der Waals surface area contributed by atoms with Gasteiger partial charge in [-0.05, 0) is 12.0 Å². The number of aryl methyl sites for hydroxylation is 1. The topological polar surface area (TPSA) is 65.0 Å². The molecule has 1 heterocycles. The first kappa shape index (κ1) is 13.0. The first-order valence-corrected chi connectivity index (χ1v) is 5.71. The highest BCUT2D eigenvalue weighted by molar-refractivity contribution is 5.67. The van der Waals surface area contributed by atoms with E-state index in [9.17, 15) is 4.79 Å². The average Bonchev–Trinajstić information content (AvgIpc) is 2.73. The van der Waals surface area contributed by atoms with Crippen molar-refractivity contribution in [2.75, 3.05) is 14.2 Å². The molecule has 2 atom stereocenters. The van der Waals surface area contributed by atoms with Crippen molar-refractivity contribution in [2.45, 2.75) is 25.4 Å². The second-order valence-electron chi connectivity index (χ2n) is 4.13. The molecule has 0 fully saturated rings. The van der Waals surface area contributed by atoms with Crippen LogP contribution in [0.5, 0.6) is 0 Å². The molecule has 0 aliphatic carbocycles. The molecule has 0 radical (unpaired) electrons. The van der Waals surface area contributed by atoms with E-state index in [-0.39, 0.29) is 6.42 Å². The minimum atomic E-state index is -0.801. The number of carboxylic acids is 1. The summed E-state index contributed by atoms with van der Waals surface area (Å²) in [4.78, 5) is 10.6. The van der Waals surface area contributed by atoms with Gasteiger partial charge in [0, 0.05) is 31.8 Å². The van der Waals surface area contributed by atoms with Gasteiger partial charge in [0.15, 0.2) is 12.6 Å². The molecule has 0 bridgehead atoms. The van der Waals surface area contributed by atoms with Crippen LogP contribution in [0.3, 0.4) is 0 Å². The van der Waals surface area contributed by atoms with Crippen LogP contribution in [-0.2, 0) is 25.4 Å². The van der Waals surface area contributed by atoms with Crippen molar-refractivity contribution in [1.29, 1.82) is 0 Å². The summed E-state index contributed by atoms with van der Waals surface area (Å²) in [6.07, 6.45) is -0.255. The Morgan fingerprint density at radius 3 is 2.56 bits per heavy atom. The van der Waals surface area contributed by atoms with Gasteiger partial charge in [-0.3, -0.25) is 4.79 Å². The van der Waals surface area contributed by atoms with Crippen LogP contribution < -0.4 is 0 Å². The summed E-state index contributed by atoms with van der Waals surface area (Å²) < 4.78 is 16.0. The van der Waals surface area contributed by atoms with Gasteiger partial charge in [-0.2, -0.15) is 0 Å². The number of carbonyl (C=O) groups is 1. The van der Waals surface area contributed by atoms with E-state index >= 15 is 0 Å². The van der Waals surface area contributed by atoms with E-state index in [1.165, 1.54) is 0 Å². The Hall–Kier alpha value is -1.43. The Kier molecular flexibility index (Phi) is 3.96. The molecule has 1 aromatic carbocycles. The van der Waals surface area contributed by atoms with Crippen LogP contribution in [0.1, 0.15) is 35.7 Å². The van der Waals surface area contributed by atoms with Crippen LogP contribution in [0, 0.1) is 0 Å². The molecule has 1 aliphatic heterocycles. The van der Waals surface area contributed by atoms with Crippen LogP contribution in [-0.4, -0.2) is 25.3 Å². The van der Waals surface area contributed by atoms with Crippen molar-refractivity contribution >= 4 is 5.97 Å². The predicted octanol–water partition coefficient (Wildman–Crippen LogP) is 2.02. The van der Waals surface area contributed by atoms with E-state index in [1.54, 1.807) is 14.2 Å². The number of aliphatic carboxylic acids is 1. The Morgan fingerprint density at radius 2 is 1.94 bits per heavy atom. The van der Waals surface area contributed by atoms with Crippen molar-refractivity contribution < 1.29 is 24.1 Å². The summed E-state index contributed by atoms with van der Waals surface area (Å²) in [5, 5.41) is 8.68. The maximum Gasteiger partial charge on any atom is 0.303 e. The third kappa shape index (κ3) is 2.53. The van der Waals surface area contributed by atoms with Crippen LogP contribution in [0.2, 0.25) is 0 Å². The molecular weight excluding hydrogens is 236 g/mol. The fraction of sp³-hybridized carbons (Fsp3) is 0.462. The monoisotopic (exact) mass is 252 g/mol. The van der Waals surface area contributed by atoms with Crippen molar-refractivity contribution in [2.24, 2.45) is 0 Å². The minimum Gasteiger partial charge on any atom is -0.481 e. The predicted molar refractivity (Wildman–Crippen MR) is 63.0 cm³/mol. The summed E-state index contributed by atoms with van der Waals surface area (Å²) in [6.45, 7) is 0. The molecule has 98 valence electrons. The van der Waals surface area contributed by atoms with Gasteiger partial charge in [-0.25, -0.2) is 0 Å². The van der Waals surface area contributed by atoms with Crippen LogP contribution in [0.4, 0.5) is 0 Å². The molecule has 5 heteroatoms. The molecular formula is C13H16O5. The number of carboxylic acid groups (broad SMARTS) is 1. The standard InChI is InChI=1S/C13H16O5/c1-16-12-9-5-3-8(4-6-11(14)15)7-10(9)13(17-2)18-12/h3,5,7,12-13H,4,6H2,1-2H3,(H,14,15). The van der Waals surface area contributed by atoms with Crippen molar-refractivity contribution in [3.05, 3.63) is 34.9 Å². The number of benzene rings is 1. The first-order valence-electron chi connectivity index (χ1n) is 5.71. The van der Waals surface area contributed by atoms with E-state index in [2.05, 4.69) is 0 Å². The van der Waals surface area contributed by atoms with Crippen molar-refractivity contribution in [3.63, 3.8) is 0 Å². The second-order valence-corrected chi connectivity index (χ2v) is 4.13. The maximum absolute atomic E-state index is 10.6. The SMILES string of the molecule is COC1OC(OC)c2cc(CCC(=O)O)ccc21. The molecule has 0 saturated carbocycles. The van der Waals surface area contributed by atoms with Gasteiger partial charge in [0.1, 0.15) is 0 Å². The number of methoxy groups -OCH3 is 2. The zero-order valence-corrected chi connectivity index (χ0v) is 10.4. The lowest BCUT2D eigenvalue weighted by molar-refractivity contribution is -0.217. The van der Waals surface area contributed by atoms with E-state index in [1.807, 2.05) is 18.2 Å². The van der Waals surface area contributed by atoms with Gasteiger partial charge in [0.05, 0.1) is 0 Å². The highest BCUT2D eigenvalue weighted by Gasteiger charge is 2.31. The Bertz CT molecular complexity index is 443. The lowest BCUT2D eigenvalue weighted by Gasteiger charge is -2.10. The molecule has 0 spiro atoms. The fourth-order valence-electron chi connectivity index (χ4n) is 2.07. The Morgan fingerprint density at radius 1 is 1.28 bits per heavy atom. The molecule has 1 N–H and O–H groups in total. The van der Waals surface area contributed by atoms with Crippen molar-refractivity contribution in [3.8, 4) is 0 Å². The molecule has 0 saturated heterocycles. The number of ether oxygens (including phenoxy) is 3. The summed E-state index contributed by atoms with van der Waals surface area (Å²) in [5.74, 6) is -0.801. The van der Waals surface area contributed by atoms with Crippen LogP contribution >= 0.6 is 0 Å². The van der Waals surface area contributed by atoms with Crippen LogP contribution in [0.25, 0.3) is 0 Å². The highest BCUT2D eigenvalue weighted by Crippen LogP contribution is 2.40. The lowest BCUT2D eigenvalue weighted by Crippen LogP contribution is -2.01. The number of rotatable bonds is 5. The first-order chi connectivity index (χ1) is 8.65. The van der Waals surface area contributed by atoms with Gasteiger partial charge in [-0.1, -0.05) is 18.2 Å². The summed E-state index contributed by atoms with van der Waals surface area (Å²) in [6, 6.07) is 5.72. The Labute approximate surface area is 105 Å². The zero-order chi connectivity index (χ0) is 13.1. The van der Waals surface area contributed by atoms with E-state index in [4.69, 9.17) is 19.3 Å². The van der Waals surface area contributed by atoms with E-state index in [0.29, 0.717) is 6.42 Å². The number of fused-ring (bicyclic) bond motifs is 1. The molecule has 2 rings (SSSR count). The summed E-state index contributed by atoms with van der Waals surface area (Å²) >= 11 is 0. The summed E-state index contributed by atoms with van der Waals surface area (Å²) in [5.41, 5.74) is 2.80. The number of hydrogen-bond donors (Lipinski definition) is 1. The van der Waals surface area contributed by atoms with Gasteiger partial charge in [0.2, 0.25) is 0 Å². The second kappa shape index (κ2) is 5.48. The minimum absolute atomic E-state index is 0.116.